The molecular formula is C11H20N4O. The smallest absolute Gasteiger partial charge is 0.237 e. The van der Waals surface area contributed by atoms with Crippen molar-refractivity contribution in [3.05, 3.63) is 18.5 Å². The van der Waals surface area contributed by atoms with Gasteiger partial charge in [0.25, 0.3) is 0 Å². The third-order valence-electron chi connectivity index (χ3n) is 2.35. The summed E-state index contributed by atoms with van der Waals surface area (Å²) in [4.78, 5) is 11.6. The Balaban J connectivity index is 2.33. The highest BCUT2D eigenvalue weighted by molar-refractivity contribution is 5.81. The Morgan fingerprint density at radius 2 is 2.38 bits per heavy atom. The summed E-state index contributed by atoms with van der Waals surface area (Å²) in [6.45, 7) is 4.62. The maximum Gasteiger partial charge on any atom is 0.237 e. The fraction of sp³-hybridized carbons (Fsp3) is 0.636. The van der Waals surface area contributed by atoms with Gasteiger partial charge in [0.1, 0.15) is 0 Å². The van der Waals surface area contributed by atoms with E-state index in [2.05, 4.69) is 10.4 Å². The predicted molar refractivity (Wildman–Crippen MR) is 62.7 cm³/mol. The summed E-state index contributed by atoms with van der Waals surface area (Å²) in [5.74, 6) is -0.0819. The number of hydrogen-bond acceptors (Lipinski definition) is 3. The average Bonchev–Trinajstić information content (AvgIpc) is 2.70. The highest BCUT2D eigenvalue weighted by Crippen LogP contribution is 1.95. The molecule has 0 aliphatic carbocycles. The molecule has 1 aromatic heterocycles. The summed E-state index contributed by atoms with van der Waals surface area (Å²) in [7, 11) is 0. The van der Waals surface area contributed by atoms with Crippen molar-refractivity contribution < 1.29 is 4.79 Å². The van der Waals surface area contributed by atoms with Crippen LogP contribution in [0.1, 0.15) is 26.7 Å². The van der Waals surface area contributed by atoms with Crippen LogP contribution in [0.25, 0.3) is 0 Å². The monoisotopic (exact) mass is 224 g/mol. The van der Waals surface area contributed by atoms with E-state index in [1.54, 1.807) is 10.9 Å². The number of carbonyl (C=O) groups excluding carboxylic acids is 1. The summed E-state index contributed by atoms with van der Waals surface area (Å²) in [5, 5.41) is 6.96. The molecule has 0 saturated carbocycles. The van der Waals surface area contributed by atoms with Gasteiger partial charge in [0, 0.05) is 18.4 Å². The van der Waals surface area contributed by atoms with Gasteiger partial charge in [0.15, 0.2) is 0 Å². The summed E-state index contributed by atoms with van der Waals surface area (Å²) in [5.41, 5.74) is 5.71. The molecule has 0 radical (unpaired) electrons. The first kappa shape index (κ1) is 12.7. The van der Waals surface area contributed by atoms with Crippen LogP contribution in [0.3, 0.4) is 0 Å². The molecule has 16 heavy (non-hydrogen) atoms. The van der Waals surface area contributed by atoms with Gasteiger partial charge >= 0.3 is 0 Å². The molecule has 0 aliphatic rings. The van der Waals surface area contributed by atoms with E-state index in [-0.39, 0.29) is 11.9 Å². The Bertz CT molecular complexity index is 310. The molecule has 5 nitrogen and oxygen atoms in total. The van der Waals surface area contributed by atoms with Crippen LogP contribution in [-0.2, 0) is 11.3 Å². The van der Waals surface area contributed by atoms with Gasteiger partial charge in [-0.3, -0.25) is 9.48 Å². The van der Waals surface area contributed by atoms with Crippen LogP contribution in [0.4, 0.5) is 0 Å². The van der Waals surface area contributed by atoms with E-state index in [0.717, 1.165) is 12.8 Å². The SMILES string of the molecule is CCC[C@@H](N)C(=O)NC(C)Cn1cccn1. The number of hydrogen-bond donors (Lipinski definition) is 2. The fourth-order valence-corrected chi connectivity index (χ4v) is 1.53. The molecule has 90 valence electrons. The van der Waals surface area contributed by atoms with E-state index in [1.165, 1.54) is 0 Å². The zero-order valence-electron chi connectivity index (χ0n) is 9.89. The Morgan fingerprint density at radius 1 is 1.62 bits per heavy atom. The van der Waals surface area contributed by atoms with E-state index in [9.17, 15) is 4.79 Å². The van der Waals surface area contributed by atoms with Crippen molar-refractivity contribution in [2.45, 2.75) is 45.3 Å². The molecule has 0 aromatic carbocycles. The first-order valence-corrected chi connectivity index (χ1v) is 5.67. The van der Waals surface area contributed by atoms with E-state index in [0.29, 0.717) is 6.54 Å². The van der Waals surface area contributed by atoms with Crippen molar-refractivity contribution in [1.29, 1.82) is 0 Å². The van der Waals surface area contributed by atoms with Crippen molar-refractivity contribution in [1.82, 2.24) is 15.1 Å². The molecule has 0 saturated heterocycles. The fourth-order valence-electron chi connectivity index (χ4n) is 1.53. The average molecular weight is 224 g/mol. The summed E-state index contributed by atoms with van der Waals surface area (Å²) >= 11 is 0. The van der Waals surface area contributed by atoms with Gasteiger partial charge in [0.05, 0.1) is 12.6 Å². The molecule has 0 bridgehead atoms. The number of nitrogens with two attached hydrogens (primary N) is 1. The lowest BCUT2D eigenvalue weighted by Crippen LogP contribution is -2.45. The van der Waals surface area contributed by atoms with E-state index in [1.807, 2.05) is 26.1 Å². The van der Waals surface area contributed by atoms with Crippen LogP contribution in [0, 0.1) is 0 Å². The third-order valence-corrected chi connectivity index (χ3v) is 2.35. The lowest BCUT2D eigenvalue weighted by Gasteiger charge is -2.17. The topological polar surface area (TPSA) is 72.9 Å². The van der Waals surface area contributed by atoms with Crippen molar-refractivity contribution in [2.24, 2.45) is 5.73 Å². The quantitative estimate of drug-likeness (QED) is 0.739. The molecule has 1 amide bonds. The lowest BCUT2D eigenvalue weighted by atomic mass is 10.1. The molecule has 1 unspecified atom stereocenters. The molecule has 2 atom stereocenters. The number of aromatic nitrogens is 2. The van der Waals surface area contributed by atoms with Gasteiger partial charge in [0.2, 0.25) is 5.91 Å². The zero-order chi connectivity index (χ0) is 12.0. The minimum absolute atomic E-state index is 0.0373. The maximum absolute atomic E-state index is 11.6. The van der Waals surface area contributed by atoms with Gasteiger partial charge in [-0.25, -0.2) is 0 Å². The molecule has 3 N–H and O–H groups in total. The van der Waals surface area contributed by atoms with Crippen molar-refractivity contribution in [3.8, 4) is 0 Å². The molecule has 0 spiro atoms. The van der Waals surface area contributed by atoms with Gasteiger partial charge in [-0.2, -0.15) is 5.10 Å². The molecule has 5 heteroatoms. The van der Waals surface area contributed by atoms with Crippen LogP contribution < -0.4 is 11.1 Å². The predicted octanol–water partition coefficient (Wildman–Crippen LogP) is 0.515. The highest BCUT2D eigenvalue weighted by Gasteiger charge is 2.14. The van der Waals surface area contributed by atoms with Crippen molar-refractivity contribution in [2.75, 3.05) is 0 Å². The van der Waals surface area contributed by atoms with Gasteiger partial charge in [-0.05, 0) is 19.4 Å². The molecule has 1 rings (SSSR count). The van der Waals surface area contributed by atoms with E-state index < -0.39 is 6.04 Å². The molecule has 1 aromatic rings. The summed E-state index contributed by atoms with van der Waals surface area (Å²) < 4.78 is 1.79. The second kappa shape index (κ2) is 6.27. The van der Waals surface area contributed by atoms with E-state index in [4.69, 9.17) is 5.73 Å². The molecular weight excluding hydrogens is 204 g/mol. The number of carbonyl (C=O) groups is 1. The van der Waals surface area contributed by atoms with Crippen LogP contribution in [-0.4, -0.2) is 27.8 Å². The van der Waals surface area contributed by atoms with Crippen molar-refractivity contribution >= 4 is 5.91 Å². The standard InChI is InChI=1S/C11H20N4O/c1-3-5-10(12)11(16)14-9(2)8-15-7-4-6-13-15/h4,6-7,9-10H,3,5,8,12H2,1-2H3,(H,14,16)/t9?,10-/m1/s1. The lowest BCUT2D eigenvalue weighted by molar-refractivity contribution is -0.123. The number of amides is 1. The number of nitrogens with one attached hydrogen (secondary N) is 1. The second-order valence-corrected chi connectivity index (χ2v) is 4.03. The summed E-state index contributed by atoms with van der Waals surface area (Å²) in [6, 6.07) is 1.50. The van der Waals surface area contributed by atoms with Crippen LogP contribution in [0.15, 0.2) is 18.5 Å². The van der Waals surface area contributed by atoms with Crippen LogP contribution >= 0.6 is 0 Å². The maximum atomic E-state index is 11.6. The molecule has 0 fully saturated rings. The van der Waals surface area contributed by atoms with Gasteiger partial charge < -0.3 is 11.1 Å². The van der Waals surface area contributed by atoms with Gasteiger partial charge in [-0.15, -0.1) is 0 Å². The Kier molecular flexibility index (Phi) is 4.98. The zero-order valence-corrected chi connectivity index (χ0v) is 9.89. The molecule has 1 heterocycles. The first-order valence-electron chi connectivity index (χ1n) is 5.67. The second-order valence-electron chi connectivity index (χ2n) is 4.03. The van der Waals surface area contributed by atoms with Gasteiger partial charge in [-0.1, -0.05) is 13.3 Å². The Morgan fingerprint density at radius 3 is 2.94 bits per heavy atom. The van der Waals surface area contributed by atoms with E-state index >= 15 is 0 Å². The first-order chi connectivity index (χ1) is 7.63. The minimum Gasteiger partial charge on any atom is -0.350 e. The third kappa shape index (κ3) is 4.02. The Hall–Kier alpha value is -1.36. The largest absolute Gasteiger partial charge is 0.350 e. The minimum atomic E-state index is -0.398. The van der Waals surface area contributed by atoms with Crippen molar-refractivity contribution in [3.63, 3.8) is 0 Å². The Labute approximate surface area is 96.0 Å². The normalized spacial score (nSPS) is 14.4. The summed E-state index contributed by atoms with van der Waals surface area (Å²) in [6.07, 6.45) is 5.23. The number of rotatable bonds is 6. The van der Waals surface area contributed by atoms with Crippen LogP contribution in [0.5, 0.6) is 0 Å². The van der Waals surface area contributed by atoms with Crippen LogP contribution in [0.2, 0.25) is 0 Å². The highest BCUT2D eigenvalue weighted by atomic mass is 16.2. The number of nitrogens with zero attached hydrogens (tertiary/aromatic N) is 2. The molecule has 0 aliphatic heterocycles.